The van der Waals surface area contributed by atoms with E-state index in [4.69, 9.17) is 5.11 Å². The van der Waals surface area contributed by atoms with Crippen LogP contribution in [0, 0.1) is 13.8 Å². The second-order valence-corrected chi connectivity index (χ2v) is 5.45. The summed E-state index contributed by atoms with van der Waals surface area (Å²) in [7, 11) is 1.81. The van der Waals surface area contributed by atoms with Crippen molar-refractivity contribution in [2.45, 2.75) is 32.4 Å². The summed E-state index contributed by atoms with van der Waals surface area (Å²) >= 11 is 1.14. The molecule has 0 saturated heterocycles. The Kier molecular flexibility index (Phi) is 5.41. The highest BCUT2D eigenvalue weighted by atomic mass is 32.2. The van der Waals surface area contributed by atoms with Crippen molar-refractivity contribution >= 4 is 29.3 Å². The van der Waals surface area contributed by atoms with Crippen LogP contribution < -0.4 is 5.32 Å². The first-order valence-electron chi connectivity index (χ1n) is 6.01. The third-order valence-electron chi connectivity index (χ3n) is 2.84. The lowest BCUT2D eigenvalue weighted by Crippen LogP contribution is -2.21. The van der Waals surface area contributed by atoms with Crippen molar-refractivity contribution in [1.82, 2.24) is 9.78 Å². The molecular weight excluding hydrogens is 266 g/mol. The van der Waals surface area contributed by atoms with Gasteiger partial charge in [0, 0.05) is 7.05 Å². The second-order valence-electron chi connectivity index (χ2n) is 4.26. The van der Waals surface area contributed by atoms with Crippen LogP contribution in [0.3, 0.4) is 0 Å². The van der Waals surface area contributed by atoms with Crippen LogP contribution in [0.5, 0.6) is 0 Å². The molecular formula is C12H19N3O3S. The van der Waals surface area contributed by atoms with E-state index in [1.54, 1.807) is 11.6 Å². The van der Waals surface area contributed by atoms with Crippen molar-refractivity contribution in [2.75, 3.05) is 11.1 Å². The summed E-state index contributed by atoms with van der Waals surface area (Å²) in [5.41, 5.74) is 2.33. The minimum atomic E-state index is -0.881. The van der Waals surface area contributed by atoms with Crippen molar-refractivity contribution in [3.8, 4) is 0 Å². The van der Waals surface area contributed by atoms with E-state index in [-0.39, 0.29) is 11.7 Å². The molecule has 1 rings (SSSR count). The number of hydrogen-bond acceptors (Lipinski definition) is 4. The van der Waals surface area contributed by atoms with Gasteiger partial charge in [-0.25, -0.2) is 0 Å². The van der Waals surface area contributed by atoms with Crippen LogP contribution in [0.15, 0.2) is 0 Å². The molecule has 2 N–H and O–H groups in total. The summed E-state index contributed by atoms with van der Waals surface area (Å²) in [5.74, 6) is -0.962. The third-order valence-corrected chi connectivity index (χ3v) is 4.20. The Balaban J connectivity index is 2.58. The average molecular weight is 285 g/mol. The fraction of sp³-hybridized carbons (Fsp3) is 0.583. The van der Waals surface area contributed by atoms with Gasteiger partial charge in [0.15, 0.2) is 0 Å². The molecule has 0 aliphatic rings. The first-order chi connectivity index (χ1) is 8.86. The quantitative estimate of drug-likeness (QED) is 0.829. The number of aryl methyl sites for hydroxylation is 2. The molecule has 19 heavy (non-hydrogen) atoms. The van der Waals surface area contributed by atoms with E-state index in [1.807, 2.05) is 20.9 Å². The van der Waals surface area contributed by atoms with Crippen LogP contribution in [0.4, 0.5) is 5.69 Å². The molecule has 1 aromatic rings. The number of amides is 1. The summed E-state index contributed by atoms with van der Waals surface area (Å²) in [6.45, 7) is 5.48. The number of rotatable bonds is 6. The monoisotopic (exact) mass is 285 g/mol. The molecule has 0 saturated carbocycles. The van der Waals surface area contributed by atoms with Crippen molar-refractivity contribution in [3.05, 3.63) is 11.4 Å². The van der Waals surface area contributed by atoms with Gasteiger partial charge in [0.25, 0.3) is 0 Å². The van der Waals surface area contributed by atoms with Gasteiger partial charge in [0.2, 0.25) is 5.91 Å². The number of carbonyl (C=O) groups is 2. The highest BCUT2D eigenvalue weighted by molar-refractivity contribution is 8.01. The SMILES string of the molecule is CCC(SCC(=O)Nc1c(C)nn(C)c1C)C(=O)O. The molecule has 1 heterocycles. The molecule has 106 valence electrons. The van der Waals surface area contributed by atoms with E-state index in [2.05, 4.69) is 10.4 Å². The molecule has 0 spiro atoms. The van der Waals surface area contributed by atoms with Gasteiger partial charge in [0.1, 0.15) is 5.25 Å². The fourth-order valence-electron chi connectivity index (χ4n) is 1.67. The molecule has 7 heteroatoms. The Labute approximate surface area is 116 Å². The summed E-state index contributed by atoms with van der Waals surface area (Å²) in [5, 5.41) is 15.3. The van der Waals surface area contributed by atoms with Crippen LogP contribution in [-0.2, 0) is 16.6 Å². The molecule has 0 aliphatic heterocycles. The predicted octanol–water partition coefficient (Wildman–Crippen LogP) is 1.57. The Morgan fingerprint density at radius 3 is 2.53 bits per heavy atom. The van der Waals surface area contributed by atoms with Gasteiger partial charge in [-0.1, -0.05) is 6.92 Å². The minimum Gasteiger partial charge on any atom is -0.480 e. The van der Waals surface area contributed by atoms with Crippen molar-refractivity contribution in [1.29, 1.82) is 0 Å². The van der Waals surface area contributed by atoms with E-state index in [1.165, 1.54) is 0 Å². The van der Waals surface area contributed by atoms with E-state index in [0.717, 1.165) is 23.1 Å². The van der Waals surface area contributed by atoms with Gasteiger partial charge in [-0.15, -0.1) is 11.8 Å². The second kappa shape index (κ2) is 6.60. The lowest BCUT2D eigenvalue weighted by Gasteiger charge is -2.09. The number of thioether (sulfide) groups is 1. The Morgan fingerprint density at radius 1 is 1.47 bits per heavy atom. The smallest absolute Gasteiger partial charge is 0.316 e. The Hall–Kier alpha value is -1.50. The van der Waals surface area contributed by atoms with Gasteiger partial charge < -0.3 is 10.4 Å². The highest BCUT2D eigenvalue weighted by Crippen LogP contribution is 2.20. The van der Waals surface area contributed by atoms with E-state index >= 15 is 0 Å². The topological polar surface area (TPSA) is 84.2 Å². The molecule has 1 atom stereocenters. The normalized spacial score (nSPS) is 12.2. The summed E-state index contributed by atoms with van der Waals surface area (Å²) in [6.07, 6.45) is 0.498. The Bertz CT molecular complexity index is 485. The number of aromatic nitrogens is 2. The van der Waals surface area contributed by atoms with E-state index < -0.39 is 11.2 Å². The van der Waals surface area contributed by atoms with Gasteiger partial charge in [-0.05, 0) is 20.3 Å². The van der Waals surface area contributed by atoms with E-state index in [0.29, 0.717) is 12.1 Å². The number of carboxylic acid groups (broad SMARTS) is 1. The number of carbonyl (C=O) groups excluding carboxylic acids is 1. The minimum absolute atomic E-state index is 0.124. The molecule has 0 aliphatic carbocycles. The van der Waals surface area contributed by atoms with Gasteiger partial charge in [-0.2, -0.15) is 5.10 Å². The number of aliphatic carboxylic acids is 1. The first-order valence-corrected chi connectivity index (χ1v) is 7.06. The maximum atomic E-state index is 11.8. The van der Waals surface area contributed by atoms with Gasteiger partial charge in [-0.3, -0.25) is 14.3 Å². The molecule has 1 unspecified atom stereocenters. The van der Waals surface area contributed by atoms with Crippen molar-refractivity contribution in [3.63, 3.8) is 0 Å². The van der Waals surface area contributed by atoms with Gasteiger partial charge >= 0.3 is 5.97 Å². The first kappa shape index (κ1) is 15.6. The standard InChI is InChI=1S/C12H19N3O3S/c1-5-9(12(17)18)19-6-10(16)13-11-7(2)14-15(4)8(11)3/h9H,5-6H2,1-4H3,(H,13,16)(H,17,18). The summed E-state index contributed by atoms with van der Waals surface area (Å²) < 4.78 is 1.70. The van der Waals surface area contributed by atoms with Gasteiger partial charge in [0.05, 0.1) is 22.8 Å². The fourth-order valence-corrected chi connectivity index (χ4v) is 2.47. The lowest BCUT2D eigenvalue weighted by molar-refractivity contribution is -0.136. The number of nitrogens with one attached hydrogen (secondary N) is 1. The Morgan fingerprint density at radius 2 is 2.11 bits per heavy atom. The van der Waals surface area contributed by atoms with Crippen LogP contribution >= 0.6 is 11.8 Å². The number of anilines is 1. The van der Waals surface area contributed by atoms with Crippen molar-refractivity contribution in [2.24, 2.45) is 7.05 Å². The number of hydrogen-bond donors (Lipinski definition) is 2. The maximum absolute atomic E-state index is 11.8. The largest absolute Gasteiger partial charge is 0.480 e. The summed E-state index contributed by atoms with van der Waals surface area (Å²) in [6, 6.07) is 0. The molecule has 0 radical (unpaired) electrons. The van der Waals surface area contributed by atoms with Crippen LogP contribution in [0.25, 0.3) is 0 Å². The zero-order valence-corrected chi connectivity index (χ0v) is 12.4. The molecule has 6 nitrogen and oxygen atoms in total. The molecule has 0 bridgehead atoms. The zero-order chi connectivity index (χ0) is 14.6. The molecule has 0 aromatic carbocycles. The lowest BCUT2D eigenvalue weighted by atomic mass is 10.3. The van der Waals surface area contributed by atoms with Crippen molar-refractivity contribution < 1.29 is 14.7 Å². The number of nitrogens with zero attached hydrogens (tertiary/aromatic N) is 2. The number of carboxylic acids is 1. The van der Waals surface area contributed by atoms with E-state index in [9.17, 15) is 9.59 Å². The average Bonchev–Trinajstić information content (AvgIpc) is 2.56. The third kappa shape index (κ3) is 3.99. The van der Waals surface area contributed by atoms with Crippen LogP contribution in [0.2, 0.25) is 0 Å². The molecule has 0 fully saturated rings. The molecule has 1 amide bonds. The predicted molar refractivity (Wildman–Crippen MR) is 75.5 cm³/mol. The highest BCUT2D eigenvalue weighted by Gasteiger charge is 2.18. The molecule has 1 aromatic heterocycles. The summed E-state index contributed by atoms with van der Waals surface area (Å²) in [4.78, 5) is 22.7. The maximum Gasteiger partial charge on any atom is 0.316 e. The zero-order valence-electron chi connectivity index (χ0n) is 11.6. The van der Waals surface area contributed by atoms with Crippen LogP contribution in [0.1, 0.15) is 24.7 Å². The van der Waals surface area contributed by atoms with Crippen LogP contribution in [-0.4, -0.2) is 37.8 Å².